The summed E-state index contributed by atoms with van der Waals surface area (Å²) in [4.78, 5) is 2.40. The molecule has 0 saturated heterocycles. The minimum atomic E-state index is 0. The topological polar surface area (TPSA) is 3.24 Å². The van der Waals surface area contributed by atoms with Gasteiger partial charge >= 0.3 is 18.9 Å². The van der Waals surface area contributed by atoms with Gasteiger partial charge in [0.1, 0.15) is 0 Å². The van der Waals surface area contributed by atoms with Crippen LogP contribution in [0.3, 0.4) is 0 Å². The minimum Gasteiger partial charge on any atom is -0.385 e. The zero-order valence-electron chi connectivity index (χ0n) is 16.4. The third-order valence-electron chi connectivity index (χ3n) is 4.36. The molecule has 0 N–H and O–H groups in total. The Bertz CT molecular complexity index is 750. The molecule has 2 heteroatoms. The Morgan fingerprint density at radius 1 is 0.692 bits per heavy atom. The van der Waals surface area contributed by atoms with Crippen LogP contribution in [0.4, 0.5) is 5.69 Å². The largest absolute Gasteiger partial charge is 1.00 e. The molecule has 3 aromatic carbocycles. The summed E-state index contributed by atoms with van der Waals surface area (Å²) in [6.45, 7) is 8.46. The fourth-order valence-corrected chi connectivity index (χ4v) is 2.91. The van der Waals surface area contributed by atoms with Crippen LogP contribution in [-0.2, 0) is 18.5 Å². The van der Waals surface area contributed by atoms with Crippen LogP contribution in [0.5, 0.6) is 0 Å². The molecule has 0 bridgehead atoms. The van der Waals surface area contributed by atoms with Gasteiger partial charge in [-0.3, -0.25) is 0 Å². The van der Waals surface area contributed by atoms with Crippen molar-refractivity contribution in [3.05, 3.63) is 102 Å². The molecule has 0 radical (unpaired) electrons. The number of anilines is 1. The molecule has 0 aliphatic rings. The van der Waals surface area contributed by atoms with Crippen molar-refractivity contribution in [3.8, 4) is 0 Å². The predicted molar refractivity (Wildman–Crippen MR) is 107 cm³/mol. The summed E-state index contributed by atoms with van der Waals surface area (Å²) >= 11 is 0. The molecular weight excluding hydrogens is 309 g/mol. The molecule has 0 aromatic heterocycles. The van der Waals surface area contributed by atoms with Crippen molar-refractivity contribution >= 4 is 5.69 Å². The number of nitrogens with zero attached hydrogens (tertiary/aromatic N) is 1. The smallest absolute Gasteiger partial charge is 0.385 e. The quantitative estimate of drug-likeness (QED) is 0.512. The standard InChI is InChI=1S/C24H26N.Li/c1-24(2,3)22-15-10-16-23(17-22)25(18-20-11-6-4-7-12-20)19-21-13-8-5-9-14-21;/h4-16H,18-19H2,1-3H3;/q-1;+1. The Kier molecular flexibility index (Phi) is 7.15. The third kappa shape index (κ3) is 5.53. The molecule has 0 atom stereocenters. The maximum Gasteiger partial charge on any atom is 1.00 e. The maximum atomic E-state index is 3.65. The van der Waals surface area contributed by atoms with Gasteiger partial charge in [-0.05, 0) is 16.5 Å². The molecule has 3 rings (SSSR count). The van der Waals surface area contributed by atoms with Crippen molar-refractivity contribution in [2.24, 2.45) is 0 Å². The van der Waals surface area contributed by atoms with Crippen LogP contribution < -0.4 is 23.8 Å². The monoisotopic (exact) mass is 335 g/mol. The van der Waals surface area contributed by atoms with Gasteiger partial charge in [0.25, 0.3) is 0 Å². The molecule has 3 aromatic rings. The maximum absolute atomic E-state index is 3.65. The molecule has 1 nitrogen and oxygen atoms in total. The Hall–Kier alpha value is -1.94. The second-order valence-electron chi connectivity index (χ2n) is 7.53. The first-order valence-corrected chi connectivity index (χ1v) is 8.88. The van der Waals surface area contributed by atoms with Crippen LogP contribution in [0.25, 0.3) is 0 Å². The molecule has 0 amide bonds. The molecule has 0 spiro atoms. The molecule has 26 heavy (non-hydrogen) atoms. The molecule has 0 unspecified atom stereocenters. The van der Waals surface area contributed by atoms with E-state index in [1.165, 1.54) is 16.7 Å². The molecular formula is C24H26LiN. The summed E-state index contributed by atoms with van der Waals surface area (Å²) in [6.07, 6.45) is 0. The molecule has 0 saturated carbocycles. The first kappa shape index (κ1) is 20.4. The second kappa shape index (κ2) is 9.13. The normalized spacial score (nSPS) is 10.9. The molecule has 0 aliphatic carbocycles. The van der Waals surface area contributed by atoms with Crippen molar-refractivity contribution in [2.45, 2.75) is 39.3 Å². The van der Waals surface area contributed by atoms with Gasteiger partial charge in [-0.1, -0.05) is 87.1 Å². The van der Waals surface area contributed by atoms with Gasteiger partial charge in [-0.15, -0.1) is 6.07 Å². The van der Waals surface area contributed by atoms with E-state index in [1.807, 2.05) is 0 Å². The zero-order chi connectivity index (χ0) is 17.7. The minimum absolute atomic E-state index is 0. The Morgan fingerprint density at radius 3 is 1.65 bits per heavy atom. The average molecular weight is 335 g/mol. The van der Waals surface area contributed by atoms with Crippen molar-refractivity contribution in [3.63, 3.8) is 0 Å². The van der Waals surface area contributed by atoms with Crippen molar-refractivity contribution in [1.82, 2.24) is 0 Å². The van der Waals surface area contributed by atoms with Gasteiger partial charge in [0.2, 0.25) is 0 Å². The zero-order valence-corrected chi connectivity index (χ0v) is 16.4. The second-order valence-corrected chi connectivity index (χ2v) is 7.53. The number of hydrogen-bond acceptors (Lipinski definition) is 1. The van der Waals surface area contributed by atoms with Gasteiger partial charge in [-0.25, -0.2) is 0 Å². The van der Waals surface area contributed by atoms with Crippen LogP contribution in [0.2, 0.25) is 0 Å². The number of hydrogen-bond donors (Lipinski definition) is 0. The Balaban J connectivity index is 0.00000243. The molecule has 0 fully saturated rings. The van der Waals surface area contributed by atoms with E-state index in [0.717, 1.165) is 18.8 Å². The van der Waals surface area contributed by atoms with E-state index in [2.05, 4.69) is 111 Å². The van der Waals surface area contributed by atoms with Crippen molar-refractivity contribution in [2.75, 3.05) is 4.90 Å². The van der Waals surface area contributed by atoms with E-state index in [9.17, 15) is 0 Å². The van der Waals surface area contributed by atoms with E-state index in [4.69, 9.17) is 0 Å². The van der Waals surface area contributed by atoms with E-state index >= 15 is 0 Å². The summed E-state index contributed by atoms with van der Waals surface area (Å²) in [5.74, 6) is 0. The number of benzene rings is 3. The van der Waals surface area contributed by atoms with E-state index in [0.29, 0.717) is 0 Å². The SMILES string of the molecule is CC(C)(C)c1[c-]c(N(Cc2ccccc2)Cc2ccccc2)ccc1.[Li+]. The average Bonchev–Trinajstić information content (AvgIpc) is 2.62. The summed E-state index contributed by atoms with van der Waals surface area (Å²) in [5, 5.41) is 0. The molecule has 0 aliphatic heterocycles. The Labute approximate surface area is 170 Å². The summed E-state index contributed by atoms with van der Waals surface area (Å²) in [7, 11) is 0. The van der Waals surface area contributed by atoms with Crippen LogP contribution in [0, 0.1) is 6.07 Å². The first-order chi connectivity index (χ1) is 12.0. The van der Waals surface area contributed by atoms with Gasteiger partial charge in [0.15, 0.2) is 0 Å². The van der Waals surface area contributed by atoms with Crippen LogP contribution in [-0.4, -0.2) is 0 Å². The summed E-state index contributed by atoms with van der Waals surface area (Å²) < 4.78 is 0. The van der Waals surface area contributed by atoms with Crippen molar-refractivity contribution in [1.29, 1.82) is 0 Å². The summed E-state index contributed by atoms with van der Waals surface area (Å²) in [6, 6.07) is 31.4. The van der Waals surface area contributed by atoms with Crippen molar-refractivity contribution < 1.29 is 18.9 Å². The molecule has 0 heterocycles. The van der Waals surface area contributed by atoms with Gasteiger partial charge < -0.3 is 4.90 Å². The number of rotatable bonds is 5. The van der Waals surface area contributed by atoms with E-state index in [-0.39, 0.29) is 24.3 Å². The Morgan fingerprint density at radius 2 is 1.19 bits per heavy atom. The predicted octanol–water partition coefficient (Wildman–Crippen LogP) is 3.00. The first-order valence-electron chi connectivity index (χ1n) is 8.88. The fourth-order valence-electron chi connectivity index (χ4n) is 2.91. The van der Waals surface area contributed by atoms with Gasteiger partial charge in [-0.2, -0.15) is 23.8 Å². The van der Waals surface area contributed by atoms with Gasteiger partial charge in [0, 0.05) is 13.1 Å². The van der Waals surface area contributed by atoms with Crippen LogP contribution >= 0.6 is 0 Å². The van der Waals surface area contributed by atoms with E-state index in [1.54, 1.807) is 0 Å². The van der Waals surface area contributed by atoms with Gasteiger partial charge in [0.05, 0.1) is 0 Å². The van der Waals surface area contributed by atoms with E-state index < -0.39 is 0 Å². The van der Waals surface area contributed by atoms with Crippen LogP contribution in [0.15, 0.2) is 78.9 Å². The fraction of sp³-hybridized carbons (Fsp3) is 0.250. The molecule has 128 valence electrons. The third-order valence-corrected chi connectivity index (χ3v) is 4.36. The summed E-state index contributed by atoms with van der Waals surface area (Å²) in [5.41, 5.74) is 5.12. The van der Waals surface area contributed by atoms with Crippen LogP contribution in [0.1, 0.15) is 37.5 Å².